The summed E-state index contributed by atoms with van der Waals surface area (Å²) in [5.74, 6) is 1.47. The summed E-state index contributed by atoms with van der Waals surface area (Å²) < 4.78 is 9.59. The van der Waals surface area contributed by atoms with Crippen LogP contribution < -0.4 is 16.0 Å². The maximum absolute atomic E-state index is 13.9. The predicted octanol–water partition coefficient (Wildman–Crippen LogP) is 8.30. The molecule has 14 heteroatoms. The zero-order chi connectivity index (χ0) is 43.5. The van der Waals surface area contributed by atoms with Crippen molar-refractivity contribution in [2.75, 3.05) is 14.2 Å². The molecule has 3 unspecified atom stereocenters. The van der Waals surface area contributed by atoms with Gasteiger partial charge in [0.1, 0.15) is 23.7 Å². The number of hydrogen-bond donors (Lipinski definition) is 5. The topological polar surface area (TPSA) is 183 Å². The van der Waals surface area contributed by atoms with Crippen molar-refractivity contribution in [1.82, 2.24) is 40.8 Å². The summed E-state index contributed by atoms with van der Waals surface area (Å²) in [5.41, 5.74) is 5.79. The Kier molecular flexibility index (Phi) is 12.8. The molecule has 2 aromatic heterocycles. The number of nitrogens with one attached hydrogen (secondary N) is 5. The molecule has 1 saturated heterocycles. The first kappa shape index (κ1) is 42.9. The molecule has 7 rings (SSSR count). The minimum Gasteiger partial charge on any atom is -0.453 e. The van der Waals surface area contributed by atoms with Gasteiger partial charge in [0.2, 0.25) is 11.8 Å². The molecule has 4 amide bonds. The number of imidazole rings is 2. The molecule has 0 spiro atoms. The monoisotopic (exact) mass is 830 g/mol. The van der Waals surface area contributed by atoms with Crippen molar-refractivity contribution in [1.29, 1.82) is 0 Å². The van der Waals surface area contributed by atoms with Crippen LogP contribution in [0.5, 0.6) is 0 Å². The highest BCUT2D eigenvalue weighted by atomic mass is 16.5. The molecule has 7 atom stereocenters. The molecule has 3 heterocycles. The molecule has 5 N–H and O–H groups in total. The fourth-order valence-electron chi connectivity index (χ4n) is 8.60. The molecule has 1 saturated carbocycles. The van der Waals surface area contributed by atoms with Crippen LogP contribution in [0.3, 0.4) is 0 Å². The summed E-state index contributed by atoms with van der Waals surface area (Å²) in [7, 11) is 2.58. The third-order valence-corrected chi connectivity index (χ3v) is 12.4. The number of hydrogen-bond acceptors (Lipinski definition) is 8. The van der Waals surface area contributed by atoms with Crippen LogP contribution in [0.2, 0.25) is 0 Å². The molecular weight excluding hydrogens is 773 g/mol. The summed E-state index contributed by atoms with van der Waals surface area (Å²) in [6.45, 7) is 11.9. The van der Waals surface area contributed by atoms with Gasteiger partial charge in [-0.15, -0.1) is 0 Å². The lowest BCUT2D eigenvalue weighted by Crippen LogP contribution is -2.52. The summed E-state index contributed by atoms with van der Waals surface area (Å²) in [6, 6.07) is 19.0. The van der Waals surface area contributed by atoms with Crippen LogP contribution in [0.4, 0.5) is 9.59 Å². The molecule has 5 aromatic rings. The molecule has 1 aliphatic heterocycles. The van der Waals surface area contributed by atoms with E-state index in [1.165, 1.54) is 14.2 Å². The lowest BCUT2D eigenvalue weighted by Gasteiger charge is -2.31. The van der Waals surface area contributed by atoms with Crippen LogP contribution in [0.25, 0.3) is 44.4 Å². The van der Waals surface area contributed by atoms with E-state index in [1.807, 2.05) is 51.1 Å². The van der Waals surface area contributed by atoms with Gasteiger partial charge in [-0.05, 0) is 70.4 Å². The Hall–Kier alpha value is -6.18. The van der Waals surface area contributed by atoms with Crippen molar-refractivity contribution < 1.29 is 28.7 Å². The van der Waals surface area contributed by atoms with E-state index in [0.717, 1.165) is 69.5 Å². The fourth-order valence-corrected chi connectivity index (χ4v) is 8.60. The Labute approximate surface area is 357 Å². The normalized spacial score (nSPS) is 18.9. The van der Waals surface area contributed by atoms with Crippen LogP contribution >= 0.6 is 0 Å². The van der Waals surface area contributed by atoms with Gasteiger partial charge in [0.25, 0.3) is 0 Å². The van der Waals surface area contributed by atoms with Gasteiger partial charge < -0.3 is 40.3 Å². The molecule has 0 bridgehead atoms. The van der Waals surface area contributed by atoms with E-state index < -0.39 is 30.3 Å². The van der Waals surface area contributed by atoms with Gasteiger partial charge in [-0.25, -0.2) is 19.6 Å². The number of ether oxygens (including phenoxy) is 2. The third-order valence-electron chi connectivity index (χ3n) is 12.4. The van der Waals surface area contributed by atoms with Gasteiger partial charge in [-0.1, -0.05) is 109 Å². The fraction of sp³-hybridized carbons (Fsp3) is 0.447. The van der Waals surface area contributed by atoms with Crippen molar-refractivity contribution in [2.45, 2.75) is 97.4 Å². The Morgan fingerprint density at radius 3 is 1.98 bits per heavy atom. The molecule has 1 aliphatic carbocycles. The lowest BCUT2D eigenvalue weighted by molar-refractivity contribution is -0.136. The molecule has 2 aliphatic rings. The summed E-state index contributed by atoms with van der Waals surface area (Å²) in [5, 5.41) is 10.7. The molecule has 61 heavy (non-hydrogen) atoms. The summed E-state index contributed by atoms with van der Waals surface area (Å²) in [6.07, 6.45) is 5.77. The standard InChI is InChI=1S/C47H58N8O6/c1-9-27(6)20-35(52-44(56)40(25(2)3)53-46(58)60-7)42-48-24-37(51-42)34-15-11-13-32-31(12-10-14-33(32)34)28-16-18-29(19-17-28)36-23-49-43(50-36)39-22-30-21-38(30)55(39)45(57)41(26(4)5)54-47(59)61-8/h10-19,23-27,30,35,38-41H,9,20-22H2,1-8H3,(H,48,51)(H,49,50)(H,52,56)(H,53,58)(H,54,59)/t27?,30?,35-,38?,39-,40-,41-/m0/s1. The van der Waals surface area contributed by atoms with Crippen LogP contribution in [-0.4, -0.2) is 81.2 Å². The number of carbonyl (C=O) groups is 4. The molecule has 3 aromatic carbocycles. The molecule has 0 radical (unpaired) electrons. The zero-order valence-corrected chi connectivity index (χ0v) is 36.2. The van der Waals surface area contributed by atoms with E-state index in [0.29, 0.717) is 24.1 Å². The van der Waals surface area contributed by atoms with Gasteiger partial charge >= 0.3 is 12.2 Å². The first-order valence-corrected chi connectivity index (χ1v) is 21.4. The number of likely N-dealkylation sites (tertiary alicyclic amines) is 1. The number of carbonyl (C=O) groups excluding carboxylic acids is 4. The number of alkyl carbamates (subject to hydrolysis) is 2. The number of methoxy groups -OCH3 is 2. The number of aromatic amines is 2. The second kappa shape index (κ2) is 18.2. The third kappa shape index (κ3) is 9.13. The van der Waals surface area contributed by atoms with Crippen molar-refractivity contribution in [3.8, 4) is 33.6 Å². The molecule has 14 nitrogen and oxygen atoms in total. The highest BCUT2D eigenvalue weighted by Gasteiger charge is 2.56. The van der Waals surface area contributed by atoms with Gasteiger partial charge in [-0.3, -0.25) is 9.59 Å². The first-order chi connectivity index (χ1) is 29.3. The summed E-state index contributed by atoms with van der Waals surface area (Å²) in [4.78, 5) is 70.1. The number of nitrogens with zero attached hydrogens (tertiary/aromatic N) is 3. The quantitative estimate of drug-likeness (QED) is 0.0698. The SMILES string of the molecule is CCC(C)C[C@H](NC(=O)[C@@H](NC(=O)OC)C(C)C)c1ncc(-c2cccc3c(-c4ccc(-c5cnc([C@@H]6CC7CC7N6C(=O)[C@@H](NC(=O)OC)C(C)C)[nH]5)cc4)cccc23)[nH]1. The number of amides is 4. The molecule has 2 fully saturated rings. The molecule has 322 valence electrons. The number of H-pyrrole nitrogens is 2. The number of rotatable bonds is 15. The second-order valence-corrected chi connectivity index (χ2v) is 17.2. The van der Waals surface area contributed by atoms with Crippen LogP contribution in [0.1, 0.15) is 91.0 Å². The van der Waals surface area contributed by atoms with E-state index in [2.05, 4.69) is 94.4 Å². The first-order valence-electron chi connectivity index (χ1n) is 21.4. The Balaban J connectivity index is 1.11. The van der Waals surface area contributed by atoms with Crippen LogP contribution in [0.15, 0.2) is 73.1 Å². The summed E-state index contributed by atoms with van der Waals surface area (Å²) >= 11 is 0. The largest absolute Gasteiger partial charge is 0.453 e. The van der Waals surface area contributed by atoms with Crippen molar-refractivity contribution in [2.24, 2.45) is 23.7 Å². The van der Waals surface area contributed by atoms with Gasteiger partial charge in [0.15, 0.2) is 0 Å². The van der Waals surface area contributed by atoms with Crippen molar-refractivity contribution in [3.63, 3.8) is 0 Å². The number of aromatic nitrogens is 4. The van der Waals surface area contributed by atoms with Gasteiger partial charge in [-0.2, -0.15) is 0 Å². The number of fused-ring (bicyclic) bond motifs is 2. The average molecular weight is 831 g/mol. The lowest BCUT2D eigenvalue weighted by atomic mass is 9.94. The average Bonchev–Trinajstić information content (AvgIpc) is 3.61. The van der Waals surface area contributed by atoms with Gasteiger partial charge in [0.05, 0.1) is 50.1 Å². The van der Waals surface area contributed by atoms with E-state index in [1.54, 1.807) is 0 Å². The van der Waals surface area contributed by atoms with E-state index >= 15 is 0 Å². The zero-order valence-electron chi connectivity index (χ0n) is 36.2. The Morgan fingerprint density at radius 2 is 1.34 bits per heavy atom. The van der Waals surface area contributed by atoms with Gasteiger partial charge in [0, 0.05) is 11.6 Å². The van der Waals surface area contributed by atoms with Crippen LogP contribution in [0, 0.1) is 23.7 Å². The predicted molar refractivity (Wildman–Crippen MR) is 234 cm³/mol. The highest BCUT2D eigenvalue weighted by molar-refractivity contribution is 6.04. The minimum atomic E-state index is -0.767. The second-order valence-electron chi connectivity index (χ2n) is 17.2. The van der Waals surface area contributed by atoms with E-state index in [4.69, 9.17) is 19.4 Å². The smallest absolute Gasteiger partial charge is 0.407 e. The number of piperidine rings is 1. The van der Waals surface area contributed by atoms with Crippen molar-refractivity contribution >= 4 is 34.8 Å². The van der Waals surface area contributed by atoms with Crippen LogP contribution in [-0.2, 0) is 19.1 Å². The Bertz CT molecular complexity index is 2370. The number of benzene rings is 3. The maximum Gasteiger partial charge on any atom is 0.407 e. The van der Waals surface area contributed by atoms with E-state index in [-0.39, 0.29) is 35.7 Å². The van der Waals surface area contributed by atoms with Crippen molar-refractivity contribution in [3.05, 3.63) is 84.7 Å². The highest BCUT2D eigenvalue weighted by Crippen LogP contribution is 2.53. The van der Waals surface area contributed by atoms with E-state index in [9.17, 15) is 19.2 Å². The maximum atomic E-state index is 13.9. The minimum absolute atomic E-state index is 0.107. The Morgan fingerprint density at radius 1 is 0.738 bits per heavy atom. The molecular formula is C47H58N8O6.